The second-order valence-electron chi connectivity index (χ2n) is 6.19. The van der Waals surface area contributed by atoms with Gasteiger partial charge < -0.3 is 24.5 Å². The van der Waals surface area contributed by atoms with Gasteiger partial charge >= 0.3 is 0 Å². The Morgan fingerprint density at radius 1 is 1.10 bits per heavy atom. The number of pyridine rings is 1. The molecule has 0 spiro atoms. The molecule has 2 N–H and O–H groups in total. The number of nitrogens with zero attached hydrogens (tertiary/aromatic N) is 2. The van der Waals surface area contributed by atoms with Crippen molar-refractivity contribution in [3.8, 4) is 17.4 Å². The number of aromatic nitrogens is 1. The number of hydrogen-bond donors (Lipinski definition) is 2. The molecule has 7 nitrogen and oxygen atoms in total. The molecule has 0 bridgehead atoms. The highest BCUT2D eigenvalue weighted by molar-refractivity contribution is 14.0. The van der Waals surface area contributed by atoms with E-state index in [1.807, 2.05) is 55.5 Å². The van der Waals surface area contributed by atoms with Crippen LogP contribution >= 0.6 is 24.0 Å². The zero-order valence-electron chi connectivity index (χ0n) is 17.1. The first-order valence-corrected chi connectivity index (χ1v) is 9.59. The molecule has 3 aromatic rings. The van der Waals surface area contributed by atoms with Crippen LogP contribution in [0.4, 0.5) is 0 Å². The average Bonchev–Trinajstić information content (AvgIpc) is 3.26. The molecule has 8 heteroatoms. The van der Waals surface area contributed by atoms with Crippen molar-refractivity contribution in [1.29, 1.82) is 0 Å². The number of benzene rings is 1. The van der Waals surface area contributed by atoms with Crippen LogP contribution in [0.25, 0.3) is 0 Å². The highest BCUT2D eigenvalue weighted by Gasteiger charge is 2.04. The van der Waals surface area contributed by atoms with E-state index in [2.05, 4.69) is 20.6 Å². The molecule has 0 atom stereocenters. The summed E-state index contributed by atoms with van der Waals surface area (Å²) in [6, 6.07) is 15.2. The molecular formula is C22H27IN4O3. The maximum absolute atomic E-state index is 5.84. The Morgan fingerprint density at radius 2 is 1.90 bits per heavy atom. The molecule has 0 radical (unpaired) electrons. The fourth-order valence-corrected chi connectivity index (χ4v) is 2.67. The third-order valence-electron chi connectivity index (χ3n) is 4.08. The van der Waals surface area contributed by atoms with Crippen LogP contribution in [0.3, 0.4) is 0 Å². The topological polar surface area (TPSA) is 80.9 Å². The maximum atomic E-state index is 5.84. The van der Waals surface area contributed by atoms with Gasteiger partial charge in [-0.15, -0.1) is 24.0 Å². The van der Waals surface area contributed by atoms with Gasteiger partial charge in [-0.3, -0.25) is 4.99 Å². The molecule has 0 fully saturated rings. The number of hydrogen-bond acceptors (Lipinski definition) is 5. The Labute approximate surface area is 193 Å². The normalized spacial score (nSPS) is 10.8. The lowest BCUT2D eigenvalue weighted by Crippen LogP contribution is -2.37. The van der Waals surface area contributed by atoms with E-state index in [9.17, 15) is 0 Å². The molecule has 2 aromatic heterocycles. The number of furan rings is 1. The SMILES string of the molecule is CCOc1ccc(Oc2cc(CNC(=NC)NCCc3ccco3)ccn2)cc1.I. The molecule has 0 amide bonds. The molecule has 160 valence electrons. The van der Waals surface area contributed by atoms with Crippen LogP contribution in [0.15, 0.2) is 70.4 Å². The van der Waals surface area contributed by atoms with Crippen LogP contribution in [0.5, 0.6) is 17.4 Å². The predicted octanol–water partition coefficient (Wildman–Crippen LogP) is 4.39. The minimum absolute atomic E-state index is 0. The average molecular weight is 522 g/mol. The Kier molecular flexibility index (Phi) is 9.99. The van der Waals surface area contributed by atoms with Gasteiger partial charge in [-0.2, -0.15) is 0 Å². The predicted molar refractivity (Wildman–Crippen MR) is 128 cm³/mol. The van der Waals surface area contributed by atoms with E-state index < -0.39 is 0 Å². The van der Waals surface area contributed by atoms with E-state index in [1.54, 1.807) is 19.5 Å². The second kappa shape index (κ2) is 12.7. The van der Waals surface area contributed by atoms with Gasteiger partial charge in [0.1, 0.15) is 17.3 Å². The molecular weight excluding hydrogens is 495 g/mol. The van der Waals surface area contributed by atoms with E-state index in [1.165, 1.54) is 0 Å². The molecule has 30 heavy (non-hydrogen) atoms. The van der Waals surface area contributed by atoms with Crippen LogP contribution in [-0.4, -0.2) is 31.1 Å². The number of guanidine groups is 1. The van der Waals surface area contributed by atoms with E-state index >= 15 is 0 Å². The van der Waals surface area contributed by atoms with Gasteiger partial charge in [0.15, 0.2) is 5.96 Å². The summed E-state index contributed by atoms with van der Waals surface area (Å²) in [6.45, 7) is 3.92. The third kappa shape index (κ3) is 7.58. The molecule has 3 rings (SSSR count). The second-order valence-corrected chi connectivity index (χ2v) is 6.19. The fraction of sp³-hybridized carbons (Fsp3) is 0.273. The van der Waals surface area contributed by atoms with Crippen molar-refractivity contribution in [2.75, 3.05) is 20.2 Å². The van der Waals surface area contributed by atoms with E-state index in [-0.39, 0.29) is 24.0 Å². The van der Waals surface area contributed by atoms with Gasteiger partial charge in [0.05, 0.1) is 12.9 Å². The number of rotatable bonds is 9. The van der Waals surface area contributed by atoms with Gasteiger partial charge in [-0.05, 0) is 55.0 Å². The first-order valence-electron chi connectivity index (χ1n) is 9.59. The summed E-state index contributed by atoms with van der Waals surface area (Å²) in [5.74, 6) is 3.73. The van der Waals surface area contributed by atoms with E-state index in [4.69, 9.17) is 13.9 Å². The molecule has 0 aliphatic rings. The first kappa shape index (κ1) is 23.5. The van der Waals surface area contributed by atoms with Gasteiger partial charge in [-0.25, -0.2) is 4.98 Å². The number of nitrogens with one attached hydrogen (secondary N) is 2. The number of aliphatic imine (C=N–C) groups is 1. The summed E-state index contributed by atoms with van der Waals surface area (Å²) in [5.41, 5.74) is 1.04. The monoisotopic (exact) mass is 522 g/mol. The molecule has 0 saturated carbocycles. The summed E-state index contributed by atoms with van der Waals surface area (Å²) in [6.07, 6.45) is 4.20. The van der Waals surface area contributed by atoms with Crippen LogP contribution < -0.4 is 20.1 Å². The van der Waals surface area contributed by atoms with Gasteiger partial charge in [0.2, 0.25) is 5.88 Å². The summed E-state index contributed by atoms with van der Waals surface area (Å²) in [4.78, 5) is 8.52. The molecule has 2 heterocycles. The van der Waals surface area contributed by atoms with Crippen molar-refractivity contribution in [1.82, 2.24) is 15.6 Å². The Hall–Kier alpha value is -2.75. The number of halogens is 1. The fourth-order valence-electron chi connectivity index (χ4n) is 2.67. The van der Waals surface area contributed by atoms with Crippen molar-refractivity contribution in [3.63, 3.8) is 0 Å². The quantitative estimate of drug-likeness (QED) is 0.247. The first-order chi connectivity index (χ1) is 14.3. The zero-order valence-corrected chi connectivity index (χ0v) is 19.5. The van der Waals surface area contributed by atoms with Gasteiger partial charge in [0, 0.05) is 38.8 Å². The summed E-state index contributed by atoms with van der Waals surface area (Å²) in [7, 11) is 1.75. The maximum Gasteiger partial charge on any atom is 0.219 e. The minimum Gasteiger partial charge on any atom is -0.494 e. The van der Waals surface area contributed by atoms with Gasteiger partial charge in [-0.1, -0.05) is 0 Å². The van der Waals surface area contributed by atoms with Gasteiger partial charge in [0.25, 0.3) is 0 Å². The van der Waals surface area contributed by atoms with Crippen molar-refractivity contribution in [3.05, 3.63) is 72.3 Å². The van der Waals surface area contributed by atoms with E-state index in [0.717, 1.165) is 36.0 Å². The lowest BCUT2D eigenvalue weighted by Gasteiger charge is -2.12. The molecule has 0 aliphatic heterocycles. The van der Waals surface area contributed by atoms with E-state index in [0.29, 0.717) is 24.8 Å². The molecule has 0 unspecified atom stereocenters. The van der Waals surface area contributed by atoms with Crippen molar-refractivity contribution in [2.24, 2.45) is 4.99 Å². The van der Waals surface area contributed by atoms with Crippen LogP contribution in [0, 0.1) is 0 Å². The largest absolute Gasteiger partial charge is 0.494 e. The summed E-state index contributed by atoms with van der Waals surface area (Å²) < 4.78 is 16.6. The standard InChI is InChI=1S/C22H26N4O3.HI/c1-3-27-19-6-8-20(9-7-19)29-21-15-17(10-12-24-21)16-26-22(23-2)25-13-11-18-5-4-14-28-18;/h4-10,12,14-15H,3,11,13,16H2,1-2H3,(H2,23,25,26);1H. The van der Waals surface area contributed by atoms with Crippen molar-refractivity contribution < 1.29 is 13.9 Å². The lowest BCUT2D eigenvalue weighted by atomic mass is 10.2. The molecule has 0 aliphatic carbocycles. The summed E-state index contributed by atoms with van der Waals surface area (Å²) in [5, 5.41) is 6.55. The van der Waals surface area contributed by atoms with Crippen LogP contribution in [0.1, 0.15) is 18.2 Å². The Bertz CT molecular complexity index is 899. The Morgan fingerprint density at radius 3 is 2.60 bits per heavy atom. The smallest absolute Gasteiger partial charge is 0.219 e. The minimum atomic E-state index is 0. The molecule has 0 saturated heterocycles. The zero-order chi connectivity index (χ0) is 20.3. The summed E-state index contributed by atoms with van der Waals surface area (Å²) >= 11 is 0. The van der Waals surface area contributed by atoms with Crippen molar-refractivity contribution >= 4 is 29.9 Å². The van der Waals surface area contributed by atoms with Crippen LogP contribution in [-0.2, 0) is 13.0 Å². The third-order valence-corrected chi connectivity index (χ3v) is 4.08. The highest BCUT2D eigenvalue weighted by Crippen LogP contribution is 2.23. The van der Waals surface area contributed by atoms with Crippen LogP contribution in [0.2, 0.25) is 0 Å². The molecule has 1 aromatic carbocycles. The Balaban J connectivity index is 0.00000320. The lowest BCUT2D eigenvalue weighted by molar-refractivity contribution is 0.339. The number of ether oxygens (including phenoxy) is 2. The van der Waals surface area contributed by atoms with Crippen molar-refractivity contribution in [2.45, 2.75) is 19.9 Å². The highest BCUT2D eigenvalue weighted by atomic mass is 127.